The van der Waals surface area contributed by atoms with Gasteiger partial charge in [0.25, 0.3) is 0 Å². The fourth-order valence-corrected chi connectivity index (χ4v) is 9.15. The summed E-state index contributed by atoms with van der Waals surface area (Å²) in [6.07, 6.45) is 2.98. The molecule has 0 saturated carbocycles. The van der Waals surface area contributed by atoms with Gasteiger partial charge in [-0.05, 0) is 56.5 Å². The summed E-state index contributed by atoms with van der Waals surface area (Å²) in [5.41, 5.74) is 6.47. The molecule has 3 saturated heterocycles. The average Bonchev–Trinajstić information content (AvgIpc) is 3.86. The fourth-order valence-electron chi connectivity index (χ4n) is 8.21. The minimum Gasteiger partial charge on any atom is -0.461 e. The highest BCUT2D eigenvalue weighted by molar-refractivity contribution is 7.23. The number of hydrogen-bond acceptors (Lipinski definition) is 10. The predicted molar refractivity (Wildman–Crippen MR) is 187 cm³/mol. The van der Waals surface area contributed by atoms with E-state index in [1.165, 1.54) is 18.2 Å². The highest BCUT2D eigenvalue weighted by Gasteiger charge is 2.49. The number of alkyl halides is 1. The van der Waals surface area contributed by atoms with Crippen molar-refractivity contribution in [1.82, 2.24) is 19.8 Å². The number of carbonyl (C=O) groups excluding carboxylic acids is 1. The van der Waals surface area contributed by atoms with Gasteiger partial charge in [0.2, 0.25) is 11.6 Å². The lowest BCUT2D eigenvalue weighted by Gasteiger charge is -2.33. The van der Waals surface area contributed by atoms with Gasteiger partial charge in [-0.15, -0.1) is 11.3 Å². The van der Waals surface area contributed by atoms with Crippen LogP contribution in [-0.4, -0.2) is 82.8 Å². The number of nitrogen functional groups attached to an aromatic ring is 1. The molecule has 254 valence electrons. The molecule has 5 heterocycles. The van der Waals surface area contributed by atoms with Gasteiger partial charge in [0.05, 0.1) is 50.6 Å². The fraction of sp³-hybridized carbons (Fsp3) is 0.389. The normalized spacial score (nSPS) is 23.1. The first kappa shape index (κ1) is 33.2. The summed E-state index contributed by atoms with van der Waals surface area (Å²) >= 11 is 0.928. The minimum atomic E-state index is -0.959. The highest BCUT2D eigenvalue weighted by atomic mass is 32.1. The Balaban J connectivity index is 1.44. The van der Waals surface area contributed by atoms with Gasteiger partial charge >= 0.3 is 6.01 Å². The van der Waals surface area contributed by atoms with Crippen molar-refractivity contribution in [2.75, 3.05) is 43.9 Å². The van der Waals surface area contributed by atoms with E-state index in [-0.39, 0.29) is 73.6 Å². The Morgan fingerprint density at radius 2 is 2.14 bits per heavy atom. The average molecular weight is 694 g/mol. The third-order valence-electron chi connectivity index (χ3n) is 10.6. The first-order chi connectivity index (χ1) is 24.0. The number of nitrogens with zero attached hydrogens (tertiary/aromatic N) is 8. The zero-order valence-corrected chi connectivity index (χ0v) is 28.4. The summed E-state index contributed by atoms with van der Waals surface area (Å²) in [6.45, 7) is 15.1. The second-order valence-electron chi connectivity index (χ2n) is 13.2. The first-order valence-corrected chi connectivity index (χ1v) is 17.1. The van der Waals surface area contributed by atoms with Crippen LogP contribution in [0.2, 0.25) is 0 Å². The number of aromatic nitrogens is 2. The van der Waals surface area contributed by atoms with E-state index in [1.807, 2.05) is 18.9 Å². The van der Waals surface area contributed by atoms with Crippen LogP contribution in [0.25, 0.3) is 37.0 Å². The van der Waals surface area contributed by atoms with Crippen LogP contribution in [-0.2, 0) is 4.79 Å². The standard InChI is InChI=1S/C36H33F2N9O2S/c1-5-27(48)47-12-9-26(19(47)2)45(4)34-23-13-20(15-39)28(22-7-8-25(38)32-29(22)31(42-3)33(41)50-32)24(16-40)30(23)43-35(44-34)49-18-36-10-6-11-46(36)17-21(37)14-36/h5,7-8,13,19,21,26H,1,6,9-12,14,17-18,41H2,2,4H3. The SMILES string of the molecule is [C-]#[N+]c1c(N)sc2c(F)ccc(-c3c(C#N)cc4c(N(C)C5CCN(C(=O)C=C)C5C)nc(OCC56CCCN5CC(F)C6)nc4c3C#N)c12. The quantitative estimate of drug-likeness (QED) is 0.180. The minimum absolute atomic E-state index is 0.0165. The van der Waals surface area contributed by atoms with Crippen molar-refractivity contribution in [1.29, 1.82) is 10.5 Å². The molecule has 14 heteroatoms. The number of halogens is 2. The molecule has 3 fully saturated rings. The molecule has 4 unspecified atom stereocenters. The van der Waals surface area contributed by atoms with Crippen molar-refractivity contribution < 1.29 is 18.3 Å². The molecule has 1 amide bonds. The van der Waals surface area contributed by atoms with Gasteiger partial charge < -0.3 is 20.3 Å². The zero-order valence-electron chi connectivity index (χ0n) is 27.5. The Morgan fingerprint density at radius 1 is 1.34 bits per heavy atom. The summed E-state index contributed by atoms with van der Waals surface area (Å²) in [7, 11) is 1.84. The molecule has 7 rings (SSSR count). The maximum absolute atomic E-state index is 15.1. The summed E-state index contributed by atoms with van der Waals surface area (Å²) in [6, 6.07) is 8.27. The van der Waals surface area contributed by atoms with Crippen LogP contribution in [0.4, 0.5) is 25.3 Å². The molecule has 0 radical (unpaired) electrons. The van der Waals surface area contributed by atoms with E-state index in [4.69, 9.17) is 27.0 Å². The summed E-state index contributed by atoms with van der Waals surface area (Å²) in [5.74, 6) is -0.377. The number of thiophene rings is 1. The van der Waals surface area contributed by atoms with Gasteiger partial charge in [0, 0.05) is 48.9 Å². The molecule has 0 spiro atoms. The number of likely N-dealkylation sites (tertiary alicyclic amines) is 1. The van der Waals surface area contributed by atoms with Gasteiger partial charge in [-0.2, -0.15) is 20.5 Å². The Kier molecular flexibility index (Phi) is 8.29. The summed E-state index contributed by atoms with van der Waals surface area (Å²) in [4.78, 5) is 31.5. The number of likely N-dealkylation sites (N-methyl/N-ethyl adjacent to an activating group) is 1. The lowest BCUT2D eigenvalue weighted by molar-refractivity contribution is -0.126. The lowest BCUT2D eigenvalue weighted by atomic mass is 9.90. The van der Waals surface area contributed by atoms with Crippen LogP contribution in [0.5, 0.6) is 6.01 Å². The second kappa shape index (κ2) is 12.5. The number of fused-ring (bicyclic) bond motifs is 3. The number of benzene rings is 2. The first-order valence-electron chi connectivity index (χ1n) is 16.3. The number of nitriles is 2. The van der Waals surface area contributed by atoms with Crippen molar-refractivity contribution >= 4 is 54.7 Å². The van der Waals surface area contributed by atoms with Gasteiger partial charge in [-0.1, -0.05) is 12.6 Å². The molecular formula is C36H33F2N9O2S. The molecule has 2 aromatic heterocycles. The van der Waals surface area contributed by atoms with Gasteiger partial charge in [-0.3, -0.25) is 9.69 Å². The molecule has 3 aliphatic heterocycles. The monoisotopic (exact) mass is 693 g/mol. The molecular weight excluding hydrogens is 661 g/mol. The smallest absolute Gasteiger partial charge is 0.319 e. The third kappa shape index (κ3) is 5.08. The van der Waals surface area contributed by atoms with E-state index in [0.29, 0.717) is 42.7 Å². The van der Waals surface area contributed by atoms with E-state index in [1.54, 1.807) is 11.0 Å². The van der Waals surface area contributed by atoms with Crippen LogP contribution in [0, 0.1) is 35.1 Å². The van der Waals surface area contributed by atoms with Crippen molar-refractivity contribution in [3.05, 3.63) is 59.2 Å². The van der Waals surface area contributed by atoms with Gasteiger partial charge in [-0.25, -0.2) is 13.6 Å². The molecule has 3 aliphatic rings. The van der Waals surface area contributed by atoms with Gasteiger partial charge in [0.15, 0.2) is 0 Å². The van der Waals surface area contributed by atoms with Gasteiger partial charge in [0.1, 0.15) is 30.5 Å². The lowest BCUT2D eigenvalue weighted by Crippen LogP contribution is -2.44. The summed E-state index contributed by atoms with van der Waals surface area (Å²) < 4.78 is 36.1. The van der Waals surface area contributed by atoms with Crippen LogP contribution in [0.3, 0.4) is 0 Å². The molecule has 2 aromatic carbocycles. The largest absolute Gasteiger partial charge is 0.461 e. The van der Waals surface area contributed by atoms with E-state index >= 15 is 4.39 Å². The Bertz CT molecular complexity index is 2220. The zero-order chi connectivity index (χ0) is 35.5. The molecule has 4 aromatic rings. The number of ether oxygens (including phenoxy) is 1. The van der Waals surface area contributed by atoms with Crippen molar-refractivity contribution in [2.24, 2.45) is 0 Å². The van der Waals surface area contributed by atoms with Crippen LogP contribution in [0.15, 0.2) is 30.9 Å². The molecule has 2 N–H and O–H groups in total. The predicted octanol–water partition coefficient (Wildman–Crippen LogP) is 6.09. The topological polar surface area (TPSA) is 140 Å². The van der Waals surface area contributed by atoms with E-state index in [9.17, 15) is 19.7 Å². The number of nitrogens with two attached hydrogens (primary N) is 1. The number of rotatable bonds is 7. The molecule has 11 nitrogen and oxygen atoms in total. The number of amides is 1. The maximum Gasteiger partial charge on any atom is 0.319 e. The molecule has 4 atom stereocenters. The van der Waals surface area contributed by atoms with E-state index in [2.05, 4.69) is 28.5 Å². The van der Waals surface area contributed by atoms with Crippen molar-refractivity contribution in [2.45, 2.75) is 56.4 Å². The molecule has 0 bridgehead atoms. The highest BCUT2D eigenvalue weighted by Crippen LogP contribution is 2.49. The van der Waals surface area contributed by atoms with Crippen molar-refractivity contribution in [3.63, 3.8) is 0 Å². The van der Waals surface area contributed by atoms with Crippen LogP contribution < -0.4 is 15.4 Å². The third-order valence-corrected chi connectivity index (χ3v) is 11.6. The van der Waals surface area contributed by atoms with E-state index < -0.39 is 17.5 Å². The van der Waals surface area contributed by atoms with Crippen molar-refractivity contribution in [3.8, 4) is 29.3 Å². The number of carbonyl (C=O) groups is 1. The number of hydrogen-bond donors (Lipinski definition) is 1. The molecule has 50 heavy (non-hydrogen) atoms. The Labute approximate surface area is 291 Å². The second-order valence-corrected chi connectivity index (χ2v) is 14.2. The Hall–Kier alpha value is -5.36. The number of anilines is 2. The van der Waals surface area contributed by atoms with Crippen LogP contribution in [0.1, 0.15) is 43.7 Å². The molecule has 0 aliphatic carbocycles. The maximum atomic E-state index is 15.1. The summed E-state index contributed by atoms with van der Waals surface area (Å²) in [5, 5.41) is 22.0. The van der Waals surface area contributed by atoms with E-state index in [0.717, 1.165) is 30.7 Å². The van der Waals surface area contributed by atoms with Crippen LogP contribution >= 0.6 is 11.3 Å². The Morgan fingerprint density at radius 3 is 2.86 bits per heavy atom.